The Morgan fingerprint density at radius 3 is 2.32 bits per heavy atom. The maximum atomic E-state index is 12.9. The van der Waals surface area contributed by atoms with Gasteiger partial charge in [-0.2, -0.15) is 13.2 Å². The number of carbonyl (C=O) groups is 2. The van der Waals surface area contributed by atoms with Gasteiger partial charge in [-0.25, -0.2) is 9.59 Å². The van der Waals surface area contributed by atoms with Gasteiger partial charge in [0.05, 0.1) is 34.8 Å². The van der Waals surface area contributed by atoms with Crippen LogP contribution in [0.5, 0.6) is 11.5 Å². The number of methoxy groups -OCH3 is 2. The van der Waals surface area contributed by atoms with Gasteiger partial charge in [-0.15, -0.1) is 0 Å². The Balaban J connectivity index is 2.36. The minimum atomic E-state index is -4.62. The number of ether oxygens (including phenoxy) is 4. The first-order chi connectivity index (χ1) is 17.8. The number of nitro benzene ring substituents is 1. The van der Waals surface area contributed by atoms with Crippen molar-refractivity contribution in [2.45, 2.75) is 32.2 Å². The van der Waals surface area contributed by atoms with Crippen LogP contribution in [-0.2, 0) is 34.8 Å². The van der Waals surface area contributed by atoms with Gasteiger partial charge in [0.2, 0.25) is 6.10 Å². The van der Waals surface area contributed by atoms with Crippen LogP contribution in [0.3, 0.4) is 0 Å². The van der Waals surface area contributed by atoms with Gasteiger partial charge in [-0.05, 0) is 44.2 Å². The summed E-state index contributed by atoms with van der Waals surface area (Å²) < 4.78 is 58.7. The smallest absolute Gasteiger partial charge is 0.416 e. The van der Waals surface area contributed by atoms with Crippen molar-refractivity contribution in [3.63, 3.8) is 0 Å². The molecule has 2 unspecified atom stereocenters. The molecule has 2 rings (SSSR count). The predicted octanol–water partition coefficient (Wildman–Crippen LogP) is 4.92. The van der Waals surface area contributed by atoms with E-state index >= 15 is 0 Å². The summed E-state index contributed by atoms with van der Waals surface area (Å²) in [6.07, 6.45) is -7.17. The van der Waals surface area contributed by atoms with Crippen LogP contribution in [0.2, 0.25) is 5.02 Å². The van der Waals surface area contributed by atoms with Crippen LogP contribution in [0.25, 0.3) is 0 Å². The fraction of sp³-hybridized carbons (Fsp3) is 0.348. The Morgan fingerprint density at radius 1 is 1.08 bits per heavy atom. The van der Waals surface area contributed by atoms with E-state index in [-0.39, 0.29) is 34.4 Å². The first kappa shape index (κ1) is 30.3. The Hall–Kier alpha value is -3.91. The molecular weight excluding hydrogens is 541 g/mol. The molecule has 0 bridgehead atoms. The zero-order valence-corrected chi connectivity index (χ0v) is 21.2. The van der Waals surface area contributed by atoms with E-state index in [2.05, 4.69) is 9.89 Å². The molecule has 15 heteroatoms. The molecule has 11 nitrogen and oxygen atoms in total. The number of benzene rings is 2. The molecule has 0 saturated heterocycles. The van der Waals surface area contributed by atoms with Crippen molar-refractivity contribution >= 4 is 34.9 Å². The molecule has 0 aliphatic rings. The number of alkyl halides is 3. The molecule has 206 valence electrons. The van der Waals surface area contributed by atoms with Gasteiger partial charge in [-0.1, -0.05) is 16.8 Å². The number of halogens is 4. The standard InChI is InChI=1S/C23H22ClF3N2O9/c1-12(21(30)35-4)36-22(31)13(2)38-28-18(11-34-3)16-10-15(6-7-19(16)29(32)33)37-20-8-5-14(9-17(20)24)23(25,26)27/h5-10,12-13H,11H2,1-4H3. The SMILES string of the molecule is COCC(=NOC(C)C(=O)OC(C)C(=O)OC)c1cc(Oc2ccc(C(F)(F)F)cc2Cl)ccc1[N+](=O)[O-]. The van der Waals surface area contributed by atoms with E-state index < -0.39 is 46.5 Å². The highest BCUT2D eigenvalue weighted by molar-refractivity contribution is 6.32. The molecule has 0 heterocycles. The molecule has 2 aromatic carbocycles. The van der Waals surface area contributed by atoms with Crippen LogP contribution >= 0.6 is 11.6 Å². The van der Waals surface area contributed by atoms with Crippen molar-refractivity contribution in [1.82, 2.24) is 0 Å². The summed E-state index contributed by atoms with van der Waals surface area (Å²) in [5.74, 6) is -1.94. The van der Waals surface area contributed by atoms with Gasteiger partial charge in [0, 0.05) is 13.2 Å². The Kier molecular flexibility index (Phi) is 10.4. The summed E-state index contributed by atoms with van der Waals surface area (Å²) in [6, 6.07) is 5.90. The van der Waals surface area contributed by atoms with E-state index in [9.17, 15) is 32.9 Å². The lowest BCUT2D eigenvalue weighted by molar-refractivity contribution is -0.385. The highest BCUT2D eigenvalue weighted by Crippen LogP contribution is 2.37. The molecule has 38 heavy (non-hydrogen) atoms. The predicted molar refractivity (Wildman–Crippen MR) is 126 cm³/mol. The van der Waals surface area contributed by atoms with Gasteiger partial charge in [0.25, 0.3) is 5.69 Å². The highest BCUT2D eigenvalue weighted by atomic mass is 35.5. The van der Waals surface area contributed by atoms with Crippen molar-refractivity contribution < 1.29 is 51.5 Å². The molecular formula is C23H22ClF3N2O9. The van der Waals surface area contributed by atoms with Crippen LogP contribution in [0.15, 0.2) is 41.6 Å². The van der Waals surface area contributed by atoms with Crippen LogP contribution in [-0.4, -0.2) is 55.6 Å². The van der Waals surface area contributed by atoms with E-state index in [0.717, 1.165) is 25.3 Å². The normalized spacial score (nSPS) is 13.3. The van der Waals surface area contributed by atoms with Crippen molar-refractivity contribution in [2.24, 2.45) is 5.16 Å². The van der Waals surface area contributed by atoms with Gasteiger partial charge < -0.3 is 23.8 Å². The summed E-state index contributed by atoms with van der Waals surface area (Å²) in [4.78, 5) is 39.6. The third-order valence-corrected chi connectivity index (χ3v) is 5.02. The third-order valence-electron chi connectivity index (χ3n) is 4.72. The van der Waals surface area contributed by atoms with Gasteiger partial charge in [0.1, 0.15) is 17.2 Å². The summed E-state index contributed by atoms with van der Waals surface area (Å²) >= 11 is 5.93. The van der Waals surface area contributed by atoms with Crippen LogP contribution in [0.4, 0.5) is 18.9 Å². The highest BCUT2D eigenvalue weighted by Gasteiger charge is 2.31. The number of carbonyl (C=O) groups excluding carboxylic acids is 2. The molecule has 0 fully saturated rings. The average molecular weight is 563 g/mol. The molecule has 2 aromatic rings. The zero-order chi connectivity index (χ0) is 28.6. The Labute approximate surface area is 219 Å². The van der Waals surface area contributed by atoms with E-state index in [4.69, 9.17) is 30.6 Å². The fourth-order valence-electron chi connectivity index (χ4n) is 2.82. The van der Waals surface area contributed by atoms with E-state index in [1.807, 2.05) is 0 Å². The summed E-state index contributed by atoms with van der Waals surface area (Å²) in [7, 11) is 2.39. The van der Waals surface area contributed by atoms with E-state index in [0.29, 0.717) is 6.07 Å². The Bertz CT molecular complexity index is 1220. The second-order valence-corrected chi connectivity index (χ2v) is 7.91. The van der Waals surface area contributed by atoms with Crippen LogP contribution in [0, 0.1) is 10.1 Å². The molecule has 0 amide bonds. The minimum absolute atomic E-state index is 0.0320. The largest absolute Gasteiger partial charge is 0.466 e. The molecule has 0 aliphatic heterocycles. The van der Waals surface area contributed by atoms with Crippen molar-refractivity contribution in [3.05, 3.63) is 62.7 Å². The number of nitrogens with zero attached hydrogens (tertiary/aromatic N) is 2. The average Bonchev–Trinajstić information content (AvgIpc) is 2.86. The summed E-state index contributed by atoms with van der Waals surface area (Å²) in [5.41, 5.74) is -1.70. The van der Waals surface area contributed by atoms with Gasteiger partial charge >= 0.3 is 18.1 Å². The molecule has 0 spiro atoms. The third kappa shape index (κ3) is 8.05. The van der Waals surface area contributed by atoms with Crippen LogP contribution < -0.4 is 4.74 Å². The summed E-state index contributed by atoms with van der Waals surface area (Å²) in [5, 5.41) is 15.1. The van der Waals surface area contributed by atoms with Crippen LogP contribution in [0.1, 0.15) is 25.0 Å². The van der Waals surface area contributed by atoms with Gasteiger partial charge in [0.15, 0.2) is 6.10 Å². The topological polar surface area (TPSA) is 136 Å². The monoisotopic (exact) mass is 562 g/mol. The molecule has 0 radical (unpaired) electrons. The summed E-state index contributed by atoms with van der Waals surface area (Å²) in [6.45, 7) is 2.24. The van der Waals surface area contributed by atoms with E-state index in [1.165, 1.54) is 33.1 Å². The molecule has 2 atom stereocenters. The van der Waals surface area contributed by atoms with Crippen molar-refractivity contribution in [2.75, 3.05) is 20.8 Å². The second-order valence-electron chi connectivity index (χ2n) is 7.50. The number of rotatable bonds is 11. The molecule has 0 aliphatic carbocycles. The first-order valence-electron chi connectivity index (χ1n) is 10.6. The maximum Gasteiger partial charge on any atom is 0.416 e. The first-order valence-corrected chi connectivity index (χ1v) is 11.0. The number of esters is 2. The maximum absolute atomic E-state index is 12.9. The molecule has 0 aromatic heterocycles. The molecule has 0 N–H and O–H groups in total. The lowest BCUT2D eigenvalue weighted by Gasteiger charge is -2.15. The van der Waals surface area contributed by atoms with E-state index in [1.54, 1.807) is 0 Å². The zero-order valence-electron chi connectivity index (χ0n) is 20.4. The fourth-order valence-corrected chi connectivity index (χ4v) is 3.03. The minimum Gasteiger partial charge on any atom is -0.466 e. The number of hydrogen-bond donors (Lipinski definition) is 0. The number of oxime groups is 1. The lowest BCUT2D eigenvalue weighted by Crippen LogP contribution is -2.31. The molecule has 0 saturated carbocycles. The number of nitro groups is 1. The van der Waals surface area contributed by atoms with Gasteiger partial charge in [-0.3, -0.25) is 10.1 Å². The second kappa shape index (κ2) is 13.1. The quantitative estimate of drug-likeness (QED) is 0.162. The number of hydrogen-bond acceptors (Lipinski definition) is 10. The van der Waals surface area contributed by atoms with Crippen molar-refractivity contribution in [3.8, 4) is 11.5 Å². The van der Waals surface area contributed by atoms with Crippen molar-refractivity contribution in [1.29, 1.82) is 0 Å². The lowest BCUT2D eigenvalue weighted by atomic mass is 10.1. The Morgan fingerprint density at radius 2 is 1.76 bits per heavy atom.